The summed E-state index contributed by atoms with van der Waals surface area (Å²) in [5.74, 6) is -0.362. The lowest BCUT2D eigenvalue weighted by molar-refractivity contribution is -0.141. The van der Waals surface area contributed by atoms with Gasteiger partial charge in [0.2, 0.25) is 11.8 Å². The highest BCUT2D eigenvalue weighted by atomic mass is 16.2. The van der Waals surface area contributed by atoms with Crippen molar-refractivity contribution >= 4 is 11.8 Å². The number of rotatable bonds is 6. The highest BCUT2D eigenvalue weighted by molar-refractivity contribution is 6.04. The minimum absolute atomic E-state index is 0.160. The van der Waals surface area contributed by atoms with Gasteiger partial charge in [0.15, 0.2) is 0 Å². The lowest BCUT2D eigenvalue weighted by Crippen LogP contribution is -2.51. The van der Waals surface area contributed by atoms with Gasteiger partial charge >= 0.3 is 0 Å². The van der Waals surface area contributed by atoms with E-state index in [4.69, 9.17) is 0 Å². The first-order valence-corrected chi connectivity index (χ1v) is 7.58. The average molecular weight is 283 g/mol. The molecule has 0 heterocycles. The van der Waals surface area contributed by atoms with Crippen molar-refractivity contribution in [2.75, 3.05) is 27.2 Å². The molecule has 0 aromatic carbocycles. The van der Waals surface area contributed by atoms with Gasteiger partial charge in [0, 0.05) is 19.1 Å². The largest absolute Gasteiger partial charge is 0.354 e. The molecule has 1 aliphatic carbocycles. The molecule has 5 heteroatoms. The SMILES string of the molecule is CN(C)CCNC(=O)C(C)(C)C(=O)NC1CCCCC1. The first kappa shape index (κ1) is 17.0. The highest BCUT2D eigenvalue weighted by Gasteiger charge is 2.36. The molecule has 0 aliphatic heterocycles. The summed E-state index contributed by atoms with van der Waals surface area (Å²) in [4.78, 5) is 26.4. The van der Waals surface area contributed by atoms with Crippen LogP contribution in [-0.2, 0) is 9.59 Å². The number of nitrogens with zero attached hydrogens (tertiary/aromatic N) is 1. The van der Waals surface area contributed by atoms with Gasteiger partial charge in [-0.2, -0.15) is 0 Å². The molecule has 1 fully saturated rings. The predicted octanol–water partition coefficient (Wildman–Crippen LogP) is 1.14. The predicted molar refractivity (Wildman–Crippen MR) is 80.4 cm³/mol. The zero-order valence-electron chi connectivity index (χ0n) is 13.3. The summed E-state index contributed by atoms with van der Waals surface area (Å²) in [6.45, 7) is 4.71. The van der Waals surface area contributed by atoms with Crippen molar-refractivity contribution < 1.29 is 9.59 Å². The molecular formula is C15H29N3O2. The van der Waals surface area contributed by atoms with Gasteiger partial charge in [-0.15, -0.1) is 0 Å². The van der Waals surface area contributed by atoms with Crippen molar-refractivity contribution in [1.29, 1.82) is 0 Å². The minimum Gasteiger partial charge on any atom is -0.354 e. The molecule has 0 aromatic heterocycles. The van der Waals surface area contributed by atoms with Gasteiger partial charge in [-0.1, -0.05) is 19.3 Å². The quantitative estimate of drug-likeness (QED) is 0.719. The van der Waals surface area contributed by atoms with E-state index in [2.05, 4.69) is 10.6 Å². The molecule has 0 atom stereocenters. The van der Waals surface area contributed by atoms with Crippen molar-refractivity contribution in [3.8, 4) is 0 Å². The molecule has 1 saturated carbocycles. The van der Waals surface area contributed by atoms with Crippen molar-refractivity contribution in [2.24, 2.45) is 5.41 Å². The van der Waals surface area contributed by atoms with Crippen LogP contribution in [0.4, 0.5) is 0 Å². The van der Waals surface area contributed by atoms with E-state index >= 15 is 0 Å². The standard InChI is InChI=1S/C15H29N3O2/c1-15(2,13(19)16-10-11-18(3)4)14(20)17-12-8-6-5-7-9-12/h12H,5-11H2,1-4H3,(H,16,19)(H,17,20). The zero-order valence-corrected chi connectivity index (χ0v) is 13.3. The Balaban J connectivity index is 2.44. The Morgan fingerprint density at radius 2 is 1.70 bits per heavy atom. The van der Waals surface area contributed by atoms with E-state index in [0.717, 1.165) is 19.4 Å². The second kappa shape index (κ2) is 7.62. The molecule has 20 heavy (non-hydrogen) atoms. The van der Waals surface area contributed by atoms with E-state index in [9.17, 15) is 9.59 Å². The molecule has 0 bridgehead atoms. The maximum absolute atomic E-state index is 12.3. The fourth-order valence-corrected chi connectivity index (χ4v) is 2.33. The summed E-state index contributed by atoms with van der Waals surface area (Å²) in [6, 6.07) is 0.241. The van der Waals surface area contributed by atoms with Crippen LogP contribution < -0.4 is 10.6 Å². The molecule has 1 aliphatic rings. The fourth-order valence-electron chi connectivity index (χ4n) is 2.33. The smallest absolute Gasteiger partial charge is 0.235 e. The number of hydrogen-bond acceptors (Lipinski definition) is 3. The molecule has 116 valence electrons. The number of amides is 2. The molecule has 0 spiro atoms. The summed E-state index contributed by atoms with van der Waals surface area (Å²) >= 11 is 0. The summed E-state index contributed by atoms with van der Waals surface area (Å²) in [5, 5.41) is 5.86. The van der Waals surface area contributed by atoms with Crippen LogP contribution in [0, 0.1) is 5.41 Å². The lowest BCUT2D eigenvalue weighted by Gasteiger charge is -2.28. The van der Waals surface area contributed by atoms with Crippen molar-refractivity contribution in [3.05, 3.63) is 0 Å². The van der Waals surface area contributed by atoms with E-state index in [0.29, 0.717) is 6.54 Å². The summed E-state index contributed by atoms with van der Waals surface area (Å²) < 4.78 is 0. The molecule has 1 rings (SSSR count). The normalized spacial score (nSPS) is 17.1. The molecule has 2 amide bonds. The third kappa shape index (κ3) is 5.12. The van der Waals surface area contributed by atoms with Crippen molar-refractivity contribution in [3.63, 3.8) is 0 Å². The fraction of sp³-hybridized carbons (Fsp3) is 0.867. The first-order valence-electron chi connectivity index (χ1n) is 7.58. The van der Waals surface area contributed by atoms with Gasteiger partial charge < -0.3 is 15.5 Å². The summed E-state index contributed by atoms with van der Waals surface area (Å²) in [6.07, 6.45) is 5.65. The van der Waals surface area contributed by atoms with Crippen LogP contribution in [0.1, 0.15) is 46.0 Å². The van der Waals surface area contributed by atoms with Gasteiger partial charge in [-0.05, 0) is 40.8 Å². The topological polar surface area (TPSA) is 61.4 Å². The van der Waals surface area contributed by atoms with E-state index < -0.39 is 5.41 Å². The van der Waals surface area contributed by atoms with Crippen molar-refractivity contribution in [1.82, 2.24) is 15.5 Å². The Morgan fingerprint density at radius 3 is 2.25 bits per heavy atom. The minimum atomic E-state index is -1.01. The monoisotopic (exact) mass is 283 g/mol. The molecule has 2 N–H and O–H groups in total. The maximum Gasteiger partial charge on any atom is 0.235 e. The van der Waals surface area contributed by atoms with E-state index in [1.54, 1.807) is 13.8 Å². The Morgan fingerprint density at radius 1 is 1.10 bits per heavy atom. The third-order valence-corrected chi connectivity index (χ3v) is 3.92. The number of carbonyl (C=O) groups is 2. The van der Waals surface area contributed by atoms with E-state index in [-0.39, 0.29) is 17.9 Å². The van der Waals surface area contributed by atoms with Gasteiger partial charge in [0.1, 0.15) is 5.41 Å². The second-order valence-electron chi connectivity index (χ2n) is 6.49. The van der Waals surface area contributed by atoms with Crippen LogP contribution in [0.3, 0.4) is 0 Å². The first-order chi connectivity index (χ1) is 9.34. The van der Waals surface area contributed by atoms with Crippen molar-refractivity contribution in [2.45, 2.75) is 52.0 Å². The molecule has 5 nitrogen and oxygen atoms in total. The van der Waals surface area contributed by atoms with Crippen LogP contribution >= 0.6 is 0 Å². The van der Waals surface area contributed by atoms with Crippen LogP contribution in [0.2, 0.25) is 0 Å². The number of likely N-dealkylation sites (N-methyl/N-ethyl adjacent to an activating group) is 1. The number of nitrogens with one attached hydrogen (secondary N) is 2. The Labute approximate surface area is 122 Å². The van der Waals surface area contributed by atoms with E-state index in [1.807, 2.05) is 19.0 Å². The highest BCUT2D eigenvalue weighted by Crippen LogP contribution is 2.21. The second-order valence-corrected chi connectivity index (χ2v) is 6.49. The molecular weight excluding hydrogens is 254 g/mol. The average Bonchev–Trinajstić information content (AvgIpc) is 2.39. The summed E-state index contributed by atoms with van der Waals surface area (Å²) in [7, 11) is 3.90. The number of carbonyl (C=O) groups excluding carboxylic acids is 2. The van der Waals surface area contributed by atoms with Gasteiger partial charge in [-0.3, -0.25) is 9.59 Å². The number of hydrogen-bond donors (Lipinski definition) is 2. The zero-order chi connectivity index (χ0) is 15.2. The van der Waals surface area contributed by atoms with Crippen LogP contribution in [0.15, 0.2) is 0 Å². The lowest BCUT2D eigenvalue weighted by atomic mass is 9.89. The van der Waals surface area contributed by atoms with E-state index in [1.165, 1.54) is 19.3 Å². The van der Waals surface area contributed by atoms with Crippen LogP contribution in [0.5, 0.6) is 0 Å². The Bertz CT molecular complexity index is 334. The Hall–Kier alpha value is -1.10. The van der Waals surface area contributed by atoms with Crippen LogP contribution in [0.25, 0.3) is 0 Å². The van der Waals surface area contributed by atoms with Gasteiger partial charge in [0.05, 0.1) is 0 Å². The Kier molecular flexibility index (Phi) is 6.46. The summed E-state index contributed by atoms with van der Waals surface area (Å²) in [5.41, 5.74) is -1.01. The maximum atomic E-state index is 12.3. The molecule has 0 aromatic rings. The third-order valence-electron chi connectivity index (χ3n) is 3.92. The molecule has 0 saturated heterocycles. The molecule has 0 radical (unpaired) electrons. The van der Waals surface area contributed by atoms with Crippen LogP contribution in [-0.4, -0.2) is 49.9 Å². The van der Waals surface area contributed by atoms with Gasteiger partial charge in [-0.25, -0.2) is 0 Å². The van der Waals surface area contributed by atoms with Gasteiger partial charge in [0.25, 0.3) is 0 Å². The molecule has 0 unspecified atom stereocenters.